The van der Waals surface area contributed by atoms with Crippen LogP contribution in [0.4, 0.5) is 0 Å². The molecule has 0 rings (SSSR count). The summed E-state index contributed by atoms with van der Waals surface area (Å²) in [5, 5.41) is 9.58. The highest BCUT2D eigenvalue weighted by atomic mass is 16.5. The molecule has 2 heteroatoms. The fraction of sp³-hybridized carbons (Fsp3) is 1.00. The van der Waals surface area contributed by atoms with Crippen molar-refractivity contribution in [1.82, 2.24) is 0 Å². The number of hydrogen-bond donors (Lipinski definition) is 1. The average Bonchev–Trinajstić information content (AvgIpc) is 2.16. The molecule has 0 unspecified atom stereocenters. The van der Waals surface area contributed by atoms with Gasteiger partial charge in [0.05, 0.1) is 11.7 Å². The molecule has 0 saturated heterocycles. The molecule has 2 atom stereocenters. The summed E-state index contributed by atoms with van der Waals surface area (Å²) < 4.78 is 5.34. The summed E-state index contributed by atoms with van der Waals surface area (Å²) in [5.41, 5.74) is -0.0170. The van der Waals surface area contributed by atoms with Gasteiger partial charge < -0.3 is 9.84 Å². The van der Waals surface area contributed by atoms with Crippen molar-refractivity contribution in [2.24, 2.45) is 5.92 Å². The van der Waals surface area contributed by atoms with E-state index in [1.165, 1.54) is 0 Å². The minimum atomic E-state index is -0.138. The van der Waals surface area contributed by atoms with Gasteiger partial charge in [-0.05, 0) is 39.0 Å². The molecule has 2 nitrogen and oxygen atoms in total. The van der Waals surface area contributed by atoms with Crippen LogP contribution >= 0.6 is 0 Å². The Kier molecular flexibility index (Phi) is 6.38. The number of aliphatic hydroxyl groups is 1. The van der Waals surface area contributed by atoms with Gasteiger partial charge in [-0.2, -0.15) is 0 Å². The van der Waals surface area contributed by atoms with Crippen LogP contribution in [0.1, 0.15) is 53.4 Å². The zero-order valence-electron chi connectivity index (χ0n) is 10.3. The van der Waals surface area contributed by atoms with E-state index in [0.717, 1.165) is 25.7 Å². The quantitative estimate of drug-likeness (QED) is 0.687. The molecule has 14 heavy (non-hydrogen) atoms. The summed E-state index contributed by atoms with van der Waals surface area (Å²) in [6.07, 6.45) is 3.99. The molecule has 0 aromatic carbocycles. The first-order chi connectivity index (χ1) is 6.43. The number of rotatable bonds is 7. The predicted octanol–water partition coefficient (Wildman–Crippen LogP) is 2.99. The van der Waals surface area contributed by atoms with Gasteiger partial charge in [0.25, 0.3) is 0 Å². The minimum Gasteiger partial charge on any atom is -0.393 e. The van der Waals surface area contributed by atoms with Crippen LogP contribution in [0.3, 0.4) is 0 Å². The van der Waals surface area contributed by atoms with Gasteiger partial charge in [0.15, 0.2) is 0 Å². The van der Waals surface area contributed by atoms with Crippen molar-refractivity contribution < 1.29 is 9.84 Å². The first-order valence-electron chi connectivity index (χ1n) is 5.66. The smallest absolute Gasteiger partial charge is 0.0622 e. The molecule has 0 aliphatic carbocycles. The van der Waals surface area contributed by atoms with Crippen molar-refractivity contribution >= 4 is 0 Å². The third kappa shape index (κ3) is 5.61. The minimum absolute atomic E-state index is 0.0170. The van der Waals surface area contributed by atoms with E-state index in [4.69, 9.17) is 4.74 Å². The molecule has 0 amide bonds. The van der Waals surface area contributed by atoms with Crippen LogP contribution in [-0.4, -0.2) is 23.9 Å². The van der Waals surface area contributed by atoms with Gasteiger partial charge in [0.1, 0.15) is 0 Å². The van der Waals surface area contributed by atoms with Gasteiger partial charge >= 0.3 is 0 Å². The predicted molar refractivity (Wildman–Crippen MR) is 60.4 cm³/mol. The topological polar surface area (TPSA) is 29.5 Å². The Morgan fingerprint density at radius 3 is 2.36 bits per heavy atom. The van der Waals surface area contributed by atoms with E-state index >= 15 is 0 Å². The molecule has 0 fully saturated rings. The monoisotopic (exact) mass is 202 g/mol. The molecule has 86 valence electrons. The lowest BCUT2D eigenvalue weighted by atomic mass is 9.93. The standard InChI is InChI=1S/C12H26O2/c1-6-11(13)10(2)8-7-9-12(3,4)14-5/h10-11,13H,6-9H2,1-5H3/t10-,11-/m0/s1. The molecule has 0 aliphatic rings. The van der Waals surface area contributed by atoms with Crippen molar-refractivity contribution in [3.05, 3.63) is 0 Å². The maximum absolute atomic E-state index is 9.58. The molecule has 1 N–H and O–H groups in total. The van der Waals surface area contributed by atoms with Crippen LogP contribution in [0, 0.1) is 5.92 Å². The maximum atomic E-state index is 9.58. The molecule has 0 aliphatic heterocycles. The Morgan fingerprint density at radius 1 is 1.36 bits per heavy atom. The molecular formula is C12H26O2. The van der Waals surface area contributed by atoms with Crippen LogP contribution in [0.15, 0.2) is 0 Å². The molecule has 0 radical (unpaired) electrons. The van der Waals surface area contributed by atoms with Gasteiger partial charge in [0, 0.05) is 7.11 Å². The van der Waals surface area contributed by atoms with Crippen molar-refractivity contribution in [3.63, 3.8) is 0 Å². The Labute approximate surface area is 88.7 Å². The van der Waals surface area contributed by atoms with E-state index in [-0.39, 0.29) is 11.7 Å². The lowest BCUT2D eigenvalue weighted by Crippen LogP contribution is -2.23. The molecule has 0 aromatic rings. The number of hydrogen-bond acceptors (Lipinski definition) is 2. The SMILES string of the molecule is CC[C@H](O)[C@@H](C)CCCC(C)(C)OC. The van der Waals surface area contributed by atoms with Crippen molar-refractivity contribution in [1.29, 1.82) is 0 Å². The van der Waals surface area contributed by atoms with Crippen LogP contribution in [0.25, 0.3) is 0 Å². The van der Waals surface area contributed by atoms with E-state index < -0.39 is 0 Å². The average molecular weight is 202 g/mol. The van der Waals surface area contributed by atoms with Crippen molar-refractivity contribution in [3.8, 4) is 0 Å². The van der Waals surface area contributed by atoms with E-state index in [9.17, 15) is 5.11 Å². The Balaban J connectivity index is 3.63. The highest BCUT2D eigenvalue weighted by molar-refractivity contribution is 4.70. The summed E-state index contributed by atoms with van der Waals surface area (Å²) in [4.78, 5) is 0. The van der Waals surface area contributed by atoms with Crippen molar-refractivity contribution in [2.45, 2.75) is 65.1 Å². The third-order valence-electron chi connectivity index (χ3n) is 3.07. The summed E-state index contributed by atoms with van der Waals surface area (Å²) in [7, 11) is 1.75. The van der Waals surface area contributed by atoms with Crippen molar-refractivity contribution in [2.75, 3.05) is 7.11 Å². The molecule has 0 heterocycles. The van der Waals surface area contributed by atoms with E-state index in [1.807, 2.05) is 6.92 Å². The normalized spacial score (nSPS) is 16.7. The third-order valence-corrected chi connectivity index (χ3v) is 3.07. The Morgan fingerprint density at radius 2 is 1.93 bits per heavy atom. The van der Waals surface area contributed by atoms with E-state index in [1.54, 1.807) is 7.11 Å². The fourth-order valence-electron chi connectivity index (χ4n) is 1.55. The maximum Gasteiger partial charge on any atom is 0.0622 e. The highest BCUT2D eigenvalue weighted by Gasteiger charge is 2.17. The summed E-state index contributed by atoms with van der Waals surface area (Å²) in [6, 6.07) is 0. The second kappa shape index (κ2) is 6.41. The largest absolute Gasteiger partial charge is 0.393 e. The molecule has 0 aromatic heterocycles. The fourth-order valence-corrected chi connectivity index (χ4v) is 1.55. The number of methoxy groups -OCH3 is 1. The summed E-state index contributed by atoms with van der Waals surface area (Å²) in [6.45, 7) is 8.36. The van der Waals surface area contributed by atoms with Gasteiger partial charge in [-0.15, -0.1) is 0 Å². The number of aliphatic hydroxyl groups excluding tert-OH is 1. The van der Waals surface area contributed by atoms with E-state index in [2.05, 4.69) is 20.8 Å². The molecular weight excluding hydrogens is 176 g/mol. The lowest BCUT2D eigenvalue weighted by molar-refractivity contribution is 0.0106. The Bertz CT molecular complexity index is 143. The van der Waals surface area contributed by atoms with Crippen LogP contribution < -0.4 is 0 Å². The molecule has 0 saturated carbocycles. The summed E-state index contributed by atoms with van der Waals surface area (Å²) in [5.74, 6) is 0.410. The van der Waals surface area contributed by atoms with Gasteiger partial charge in [-0.25, -0.2) is 0 Å². The first-order valence-corrected chi connectivity index (χ1v) is 5.66. The number of ether oxygens (including phenoxy) is 1. The van der Waals surface area contributed by atoms with Crippen LogP contribution in [0.2, 0.25) is 0 Å². The molecule has 0 bridgehead atoms. The zero-order valence-corrected chi connectivity index (χ0v) is 10.3. The van der Waals surface area contributed by atoms with Gasteiger partial charge in [0.2, 0.25) is 0 Å². The van der Waals surface area contributed by atoms with Gasteiger partial charge in [-0.3, -0.25) is 0 Å². The lowest BCUT2D eigenvalue weighted by Gasteiger charge is -2.24. The zero-order chi connectivity index (χ0) is 11.2. The second-order valence-corrected chi connectivity index (χ2v) is 4.81. The summed E-state index contributed by atoms with van der Waals surface area (Å²) >= 11 is 0. The van der Waals surface area contributed by atoms with E-state index in [0.29, 0.717) is 5.92 Å². The van der Waals surface area contributed by atoms with Gasteiger partial charge in [-0.1, -0.05) is 20.3 Å². The second-order valence-electron chi connectivity index (χ2n) is 4.81. The molecule has 0 spiro atoms. The van der Waals surface area contributed by atoms with Crippen LogP contribution in [0.5, 0.6) is 0 Å². The first kappa shape index (κ1) is 13.9. The van der Waals surface area contributed by atoms with Crippen LogP contribution in [-0.2, 0) is 4.74 Å². The Hall–Kier alpha value is -0.0800. The highest BCUT2D eigenvalue weighted by Crippen LogP contribution is 2.21.